The van der Waals surface area contributed by atoms with Crippen molar-refractivity contribution in [2.24, 2.45) is 5.92 Å². The molecule has 2 nitrogen and oxygen atoms in total. The lowest BCUT2D eigenvalue weighted by molar-refractivity contribution is 0.299. The van der Waals surface area contributed by atoms with Crippen molar-refractivity contribution in [1.82, 2.24) is 5.32 Å². The molecule has 1 aliphatic rings. The quantitative estimate of drug-likeness (QED) is 0.850. The summed E-state index contributed by atoms with van der Waals surface area (Å²) in [6.07, 6.45) is 2.62. The second-order valence-electron chi connectivity index (χ2n) is 4.45. The molecule has 1 fully saturated rings. The third-order valence-corrected chi connectivity index (χ3v) is 3.38. The van der Waals surface area contributed by atoms with E-state index < -0.39 is 0 Å². The highest BCUT2D eigenvalue weighted by atomic mass is 35.5. The molecule has 0 saturated heterocycles. The normalized spacial score (nSPS) is 17.2. The van der Waals surface area contributed by atoms with Crippen molar-refractivity contribution in [2.75, 3.05) is 13.7 Å². The molecule has 0 aliphatic heterocycles. The lowest BCUT2D eigenvalue weighted by Gasteiger charge is -2.14. The van der Waals surface area contributed by atoms with Crippen molar-refractivity contribution in [3.8, 4) is 5.75 Å². The van der Waals surface area contributed by atoms with E-state index in [4.69, 9.17) is 16.3 Å². The molecule has 1 unspecified atom stereocenters. The SMILES string of the molecule is CNC(C)c1ccc(OCC2CC2)cc1Cl. The standard InChI is InChI=1S/C13H18ClNO/c1-9(15-2)12-6-5-11(7-13(12)14)16-8-10-3-4-10/h5-7,9-10,15H,3-4,8H2,1-2H3. The van der Waals surface area contributed by atoms with Crippen molar-refractivity contribution in [2.45, 2.75) is 25.8 Å². The highest BCUT2D eigenvalue weighted by molar-refractivity contribution is 6.31. The Bertz CT molecular complexity index is 363. The molecule has 0 radical (unpaired) electrons. The molecule has 16 heavy (non-hydrogen) atoms. The van der Waals surface area contributed by atoms with Crippen molar-refractivity contribution in [3.63, 3.8) is 0 Å². The summed E-state index contributed by atoms with van der Waals surface area (Å²) < 4.78 is 5.67. The van der Waals surface area contributed by atoms with Crippen LogP contribution in [0.4, 0.5) is 0 Å². The average molecular weight is 240 g/mol. The van der Waals surface area contributed by atoms with Gasteiger partial charge in [-0.1, -0.05) is 17.7 Å². The van der Waals surface area contributed by atoms with Gasteiger partial charge in [0.05, 0.1) is 6.61 Å². The Kier molecular flexibility index (Phi) is 3.72. The first kappa shape index (κ1) is 11.7. The molecule has 3 heteroatoms. The zero-order valence-corrected chi connectivity index (χ0v) is 10.6. The van der Waals surface area contributed by atoms with Gasteiger partial charge in [-0.25, -0.2) is 0 Å². The van der Waals surface area contributed by atoms with Gasteiger partial charge in [0.15, 0.2) is 0 Å². The van der Waals surface area contributed by atoms with Gasteiger partial charge < -0.3 is 10.1 Å². The molecule has 0 heterocycles. The van der Waals surface area contributed by atoms with Gasteiger partial charge in [-0.05, 0) is 50.4 Å². The van der Waals surface area contributed by atoms with Crippen LogP contribution in [0.3, 0.4) is 0 Å². The van der Waals surface area contributed by atoms with Crippen LogP contribution in [0, 0.1) is 5.92 Å². The minimum Gasteiger partial charge on any atom is -0.493 e. The zero-order chi connectivity index (χ0) is 11.5. The van der Waals surface area contributed by atoms with E-state index in [1.165, 1.54) is 12.8 Å². The summed E-state index contributed by atoms with van der Waals surface area (Å²) in [5.41, 5.74) is 1.11. The highest BCUT2D eigenvalue weighted by Gasteiger charge is 2.22. The maximum Gasteiger partial charge on any atom is 0.120 e. The van der Waals surface area contributed by atoms with Gasteiger partial charge in [0.25, 0.3) is 0 Å². The number of halogens is 1. The molecule has 88 valence electrons. The summed E-state index contributed by atoms with van der Waals surface area (Å²) in [7, 11) is 1.93. The maximum absolute atomic E-state index is 6.21. The predicted molar refractivity (Wildman–Crippen MR) is 67.1 cm³/mol. The smallest absolute Gasteiger partial charge is 0.120 e. The molecule has 0 aromatic heterocycles. The van der Waals surface area contributed by atoms with E-state index in [-0.39, 0.29) is 6.04 Å². The zero-order valence-electron chi connectivity index (χ0n) is 9.79. The van der Waals surface area contributed by atoms with E-state index in [0.717, 1.165) is 28.9 Å². The molecule has 0 bridgehead atoms. The number of ether oxygens (including phenoxy) is 1. The van der Waals surface area contributed by atoms with E-state index in [1.807, 2.05) is 25.2 Å². The Balaban J connectivity index is 2.02. The molecule has 1 atom stereocenters. The second kappa shape index (κ2) is 5.07. The van der Waals surface area contributed by atoms with Gasteiger partial charge in [-0.3, -0.25) is 0 Å². The first-order chi connectivity index (χ1) is 7.70. The van der Waals surface area contributed by atoms with Crippen LogP contribution in [-0.2, 0) is 0 Å². The van der Waals surface area contributed by atoms with E-state index in [9.17, 15) is 0 Å². The van der Waals surface area contributed by atoms with Gasteiger partial charge in [0.1, 0.15) is 5.75 Å². The van der Waals surface area contributed by atoms with E-state index >= 15 is 0 Å². The van der Waals surface area contributed by atoms with Gasteiger partial charge in [-0.2, -0.15) is 0 Å². The van der Waals surface area contributed by atoms with Crippen LogP contribution < -0.4 is 10.1 Å². The fourth-order valence-corrected chi connectivity index (χ4v) is 1.94. The summed E-state index contributed by atoms with van der Waals surface area (Å²) in [4.78, 5) is 0. The van der Waals surface area contributed by atoms with Crippen LogP contribution in [0.1, 0.15) is 31.4 Å². The average Bonchev–Trinajstić information content (AvgIpc) is 3.09. The summed E-state index contributed by atoms with van der Waals surface area (Å²) in [6.45, 7) is 2.92. The molecule has 1 N–H and O–H groups in total. The molecule has 1 aromatic carbocycles. The number of hydrogen-bond donors (Lipinski definition) is 1. The second-order valence-corrected chi connectivity index (χ2v) is 4.86. The highest BCUT2D eigenvalue weighted by Crippen LogP contribution is 2.31. The first-order valence-electron chi connectivity index (χ1n) is 5.80. The van der Waals surface area contributed by atoms with Crippen LogP contribution in [0.15, 0.2) is 18.2 Å². The maximum atomic E-state index is 6.21. The number of rotatable bonds is 5. The Morgan fingerprint density at radius 1 is 1.50 bits per heavy atom. The fourth-order valence-electron chi connectivity index (χ4n) is 1.60. The summed E-state index contributed by atoms with van der Waals surface area (Å²) >= 11 is 6.21. The minimum atomic E-state index is 0.269. The van der Waals surface area contributed by atoms with Gasteiger partial charge in [0.2, 0.25) is 0 Å². The molecule has 0 amide bonds. The Labute approximate surface area is 102 Å². The fraction of sp³-hybridized carbons (Fsp3) is 0.538. The number of hydrogen-bond acceptors (Lipinski definition) is 2. The van der Waals surface area contributed by atoms with Crippen molar-refractivity contribution >= 4 is 11.6 Å². The molecule has 1 aromatic rings. The monoisotopic (exact) mass is 239 g/mol. The largest absolute Gasteiger partial charge is 0.493 e. The molecular weight excluding hydrogens is 222 g/mol. The molecule has 2 rings (SSSR count). The predicted octanol–water partition coefficient (Wildman–Crippen LogP) is 3.41. The van der Waals surface area contributed by atoms with Gasteiger partial charge >= 0.3 is 0 Å². The molecule has 0 spiro atoms. The van der Waals surface area contributed by atoms with Gasteiger partial charge in [0, 0.05) is 11.1 Å². The van der Waals surface area contributed by atoms with Crippen molar-refractivity contribution in [1.29, 1.82) is 0 Å². The van der Waals surface area contributed by atoms with E-state index in [1.54, 1.807) is 0 Å². The third kappa shape index (κ3) is 2.89. The lowest BCUT2D eigenvalue weighted by atomic mass is 10.1. The van der Waals surface area contributed by atoms with Crippen LogP contribution in [0.2, 0.25) is 5.02 Å². The molecule has 1 saturated carbocycles. The third-order valence-electron chi connectivity index (χ3n) is 3.05. The Hall–Kier alpha value is -0.730. The molecule has 1 aliphatic carbocycles. The Morgan fingerprint density at radius 3 is 2.81 bits per heavy atom. The number of nitrogens with one attached hydrogen (secondary N) is 1. The van der Waals surface area contributed by atoms with Crippen LogP contribution in [-0.4, -0.2) is 13.7 Å². The van der Waals surface area contributed by atoms with Crippen LogP contribution in [0.5, 0.6) is 5.75 Å². The van der Waals surface area contributed by atoms with Gasteiger partial charge in [-0.15, -0.1) is 0 Å². The van der Waals surface area contributed by atoms with Crippen molar-refractivity contribution < 1.29 is 4.74 Å². The number of benzene rings is 1. The summed E-state index contributed by atoms with van der Waals surface area (Å²) in [5, 5.41) is 3.95. The topological polar surface area (TPSA) is 21.3 Å². The van der Waals surface area contributed by atoms with Crippen molar-refractivity contribution in [3.05, 3.63) is 28.8 Å². The van der Waals surface area contributed by atoms with E-state index in [0.29, 0.717) is 0 Å². The van der Waals surface area contributed by atoms with Crippen LogP contribution >= 0.6 is 11.6 Å². The van der Waals surface area contributed by atoms with E-state index in [2.05, 4.69) is 12.2 Å². The van der Waals surface area contributed by atoms with Crippen LogP contribution in [0.25, 0.3) is 0 Å². The minimum absolute atomic E-state index is 0.269. The Morgan fingerprint density at radius 2 is 2.25 bits per heavy atom. The summed E-state index contributed by atoms with van der Waals surface area (Å²) in [6, 6.07) is 6.21. The first-order valence-corrected chi connectivity index (χ1v) is 6.18. The summed E-state index contributed by atoms with van der Waals surface area (Å²) in [5.74, 6) is 1.65. The molecular formula is C13H18ClNO. The lowest BCUT2D eigenvalue weighted by Crippen LogP contribution is -2.12.